The Morgan fingerprint density at radius 2 is 2.05 bits per heavy atom. The van der Waals surface area contributed by atoms with Crippen molar-refractivity contribution in [1.82, 2.24) is 0 Å². The van der Waals surface area contributed by atoms with Gasteiger partial charge in [-0.05, 0) is 33.8 Å². The largest absolute Gasteiger partial charge is 0.496 e. The molecule has 1 unspecified atom stereocenters. The molecular formula is C15H21BrFNO3. The minimum Gasteiger partial charge on any atom is -0.496 e. The van der Waals surface area contributed by atoms with Crippen LogP contribution in [-0.4, -0.2) is 20.2 Å². The van der Waals surface area contributed by atoms with E-state index in [0.717, 1.165) is 0 Å². The summed E-state index contributed by atoms with van der Waals surface area (Å²) in [4.78, 5) is 11.4. The van der Waals surface area contributed by atoms with Crippen LogP contribution in [0.4, 0.5) is 4.39 Å². The predicted octanol–water partition coefficient (Wildman–Crippen LogP) is 3.58. The van der Waals surface area contributed by atoms with Crippen LogP contribution in [0.5, 0.6) is 5.75 Å². The molecule has 2 N–H and O–H groups in total. The second kappa shape index (κ2) is 7.22. The van der Waals surface area contributed by atoms with Crippen LogP contribution in [0.2, 0.25) is 0 Å². The molecule has 0 heterocycles. The highest BCUT2D eigenvalue weighted by Gasteiger charge is 2.27. The van der Waals surface area contributed by atoms with E-state index >= 15 is 0 Å². The van der Waals surface area contributed by atoms with E-state index in [1.54, 1.807) is 6.07 Å². The van der Waals surface area contributed by atoms with Gasteiger partial charge >= 0.3 is 5.97 Å². The zero-order chi connectivity index (χ0) is 16.2. The molecule has 0 saturated heterocycles. The third-order valence-corrected chi connectivity index (χ3v) is 3.90. The molecule has 1 aromatic carbocycles. The van der Waals surface area contributed by atoms with E-state index in [2.05, 4.69) is 15.9 Å². The van der Waals surface area contributed by atoms with Crippen molar-refractivity contribution in [3.05, 3.63) is 28.0 Å². The Bertz CT molecular complexity index is 520. The molecule has 0 radical (unpaired) electrons. The second-order valence-corrected chi connectivity index (χ2v) is 6.59. The van der Waals surface area contributed by atoms with Crippen LogP contribution < -0.4 is 10.5 Å². The van der Waals surface area contributed by atoms with Crippen molar-refractivity contribution in [3.8, 4) is 5.75 Å². The van der Waals surface area contributed by atoms with Crippen molar-refractivity contribution < 1.29 is 18.7 Å². The zero-order valence-electron chi connectivity index (χ0n) is 12.7. The van der Waals surface area contributed by atoms with Gasteiger partial charge in [-0.15, -0.1) is 0 Å². The van der Waals surface area contributed by atoms with Crippen LogP contribution in [0.1, 0.15) is 38.3 Å². The minimum atomic E-state index is -0.406. The van der Waals surface area contributed by atoms with Crippen molar-refractivity contribution in [2.45, 2.75) is 32.7 Å². The molecule has 0 amide bonds. The quantitative estimate of drug-likeness (QED) is 0.786. The molecule has 0 fully saturated rings. The third-order valence-electron chi connectivity index (χ3n) is 3.30. The van der Waals surface area contributed by atoms with Gasteiger partial charge in [0.1, 0.15) is 11.6 Å². The van der Waals surface area contributed by atoms with Gasteiger partial charge in [0.15, 0.2) is 0 Å². The van der Waals surface area contributed by atoms with Gasteiger partial charge in [-0.2, -0.15) is 0 Å². The van der Waals surface area contributed by atoms with Gasteiger partial charge in [-0.3, -0.25) is 4.79 Å². The molecule has 0 aliphatic heterocycles. The van der Waals surface area contributed by atoms with E-state index in [-0.39, 0.29) is 23.8 Å². The van der Waals surface area contributed by atoms with E-state index in [0.29, 0.717) is 22.2 Å². The lowest BCUT2D eigenvalue weighted by Gasteiger charge is -2.27. The fraction of sp³-hybridized carbons (Fsp3) is 0.533. The molecular weight excluding hydrogens is 341 g/mol. The standard InChI is InChI=1S/C15H21BrFNO3/c1-15(2,8-14(19)21-4)7-12(18)9-5-10(16)11(17)6-13(9)20-3/h5-6,12H,7-8,18H2,1-4H3. The molecule has 4 nitrogen and oxygen atoms in total. The number of carbonyl (C=O) groups excluding carboxylic acids is 1. The van der Waals surface area contributed by atoms with Crippen LogP contribution in [0.25, 0.3) is 0 Å². The smallest absolute Gasteiger partial charge is 0.306 e. The number of rotatable bonds is 6. The Balaban J connectivity index is 2.95. The number of halogens is 2. The lowest BCUT2D eigenvalue weighted by atomic mass is 9.81. The van der Waals surface area contributed by atoms with Crippen LogP contribution in [0.15, 0.2) is 16.6 Å². The molecule has 0 aliphatic rings. The Labute approximate surface area is 132 Å². The average molecular weight is 362 g/mol. The minimum absolute atomic E-state index is 0.266. The summed E-state index contributed by atoms with van der Waals surface area (Å²) in [5, 5.41) is 0. The monoisotopic (exact) mass is 361 g/mol. The van der Waals surface area contributed by atoms with Gasteiger partial charge in [0.2, 0.25) is 0 Å². The lowest BCUT2D eigenvalue weighted by Crippen LogP contribution is -2.25. The summed E-state index contributed by atoms with van der Waals surface area (Å²) in [5.41, 5.74) is 6.58. The molecule has 0 aliphatic carbocycles. The van der Waals surface area contributed by atoms with Crippen molar-refractivity contribution in [1.29, 1.82) is 0 Å². The lowest BCUT2D eigenvalue weighted by molar-refractivity contribution is -0.143. The van der Waals surface area contributed by atoms with Gasteiger partial charge in [0, 0.05) is 17.7 Å². The Kier molecular flexibility index (Phi) is 6.16. The van der Waals surface area contributed by atoms with Crippen LogP contribution in [0, 0.1) is 11.2 Å². The van der Waals surface area contributed by atoms with Crippen LogP contribution >= 0.6 is 15.9 Å². The van der Waals surface area contributed by atoms with E-state index in [1.807, 2.05) is 13.8 Å². The van der Waals surface area contributed by atoms with E-state index in [9.17, 15) is 9.18 Å². The maximum Gasteiger partial charge on any atom is 0.306 e. The number of hydrogen-bond donors (Lipinski definition) is 1. The molecule has 0 bridgehead atoms. The van der Waals surface area contributed by atoms with Gasteiger partial charge in [0.05, 0.1) is 25.1 Å². The Morgan fingerprint density at radius 3 is 2.57 bits per heavy atom. The number of hydrogen-bond acceptors (Lipinski definition) is 4. The average Bonchev–Trinajstić information content (AvgIpc) is 2.39. The summed E-state index contributed by atoms with van der Waals surface area (Å²) in [6.07, 6.45) is 0.804. The first kappa shape index (κ1) is 17.9. The van der Waals surface area contributed by atoms with Gasteiger partial charge in [-0.25, -0.2) is 4.39 Å². The molecule has 6 heteroatoms. The van der Waals surface area contributed by atoms with Crippen molar-refractivity contribution in [2.24, 2.45) is 11.1 Å². The summed E-state index contributed by atoms with van der Waals surface area (Å²) in [7, 11) is 2.83. The first-order valence-electron chi connectivity index (χ1n) is 6.55. The fourth-order valence-electron chi connectivity index (χ4n) is 2.25. The van der Waals surface area contributed by atoms with Crippen molar-refractivity contribution in [2.75, 3.05) is 14.2 Å². The molecule has 118 valence electrons. The zero-order valence-corrected chi connectivity index (χ0v) is 14.3. The van der Waals surface area contributed by atoms with Gasteiger partial charge in [-0.1, -0.05) is 13.8 Å². The predicted molar refractivity (Wildman–Crippen MR) is 82.6 cm³/mol. The first-order valence-corrected chi connectivity index (χ1v) is 7.35. The first-order chi connectivity index (χ1) is 9.70. The summed E-state index contributed by atoms with van der Waals surface area (Å²) in [5.74, 6) is -0.284. The topological polar surface area (TPSA) is 61.5 Å². The molecule has 0 saturated carbocycles. The van der Waals surface area contributed by atoms with Crippen molar-refractivity contribution >= 4 is 21.9 Å². The number of ether oxygens (including phenoxy) is 2. The summed E-state index contributed by atoms with van der Waals surface area (Å²) in [6, 6.07) is 2.54. The van der Waals surface area contributed by atoms with Gasteiger partial charge < -0.3 is 15.2 Å². The number of esters is 1. The van der Waals surface area contributed by atoms with Crippen molar-refractivity contribution in [3.63, 3.8) is 0 Å². The fourth-order valence-corrected chi connectivity index (χ4v) is 2.61. The van der Waals surface area contributed by atoms with Crippen LogP contribution in [0.3, 0.4) is 0 Å². The number of methoxy groups -OCH3 is 2. The molecule has 0 aromatic heterocycles. The summed E-state index contributed by atoms with van der Waals surface area (Å²) in [6.45, 7) is 3.88. The summed E-state index contributed by atoms with van der Waals surface area (Å²) >= 11 is 3.15. The highest BCUT2D eigenvalue weighted by Crippen LogP contribution is 2.37. The van der Waals surface area contributed by atoms with E-state index < -0.39 is 5.82 Å². The molecule has 1 rings (SSSR count). The third kappa shape index (κ3) is 4.97. The molecule has 21 heavy (non-hydrogen) atoms. The van der Waals surface area contributed by atoms with E-state index in [4.69, 9.17) is 15.2 Å². The maximum atomic E-state index is 13.5. The normalized spacial score (nSPS) is 12.9. The SMILES string of the molecule is COC(=O)CC(C)(C)CC(N)c1cc(Br)c(F)cc1OC. The Hall–Kier alpha value is -1.14. The number of benzene rings is 1. The second-order valence-electron chi connectivity index (χ2n) is 5.74. The Morgan fingerprint density at radius 1 is 1.43 bits per heavy atom. The maximum absolute atomic E-state index is 13.5. The van der Waals surface area contributed by atoms with Gasteiger partial charge in [0.25, 0.3) is 0 Å². The summed E-state index contributed by atoms with van der Waals surface area (Å²) < 4.78 is 23.7. The van der Waals surface area contributed by atoms with E-state index in [1.165, 1.54) is 20.3 Å². The number of nitrogens with two attached hydrogens (primary N) is 1. The molecule has 0 spiro atoms. The highest BCUT2D eigenvalue weighted by atomic mass is 79.9. The molecule has 1 atom stereocenters. The number of carbonyl (C=O) groups is 1. The molecule has 1 aromatic rings. The van der Waals surface area contributed by atoms with Crippen LogP contribution in [-0.2, 0) is 9.53 Å². The highest BCUT2D eigenvalue weighted by molar-refractivity contribution is 9.10.